The lowest BCUT2D eigenvalue weighted by Gasteiger charge is -2.29. The predicted molar refractivity (Wildman–Crippen MR) is 86.2 cm³/mol. The lowest BCUT2D eigenvalue weighted by molar-refractivity contribution is 0.00965. The Morgan fingerprint density at radius 1 is 1.35 bits per heavy atom. The Labute approximate surface area is 141 Å². The fourth-order valence-corrected chi connectivity index (χ4v) is 4.94. The van der Waals surface area contributed by atoms with E-state index in [4.69, 9.17) is 21.5 Å². The van der Waals surface area contributed by atoms with E-state index in [1.54, 1.807) is 0 Å². The lowest BCUT2D eigenvalue weighted by atomic mass is 10.0. The van der Waals surface area contributed by atoms with Crippen LogP contribution in [0.25, 0.3) is 0 Å². The zero-order valence-corrected chi connectivity index (χ0v) is 15.2. The van der Waals surface area contributed by atoms with Gasteiger partial charge in [-0.2, -0.15) is 4.31 Å². The quantitative estimate of drug-likeness (QED) is 0.822. The van der Waals surface area contributed by atoms with Gasteiger partial charge in [-0.25, -0.2) is 22.0 Å². The van der Waals surface area contributed by atoms with Gasteiger partial charge in [0.1, 0.15) is 4.90 Å². The first-order valence-corrected chi connectivity index (χ1v) is 10.2. The van der Waals surface area contributed by atoms with E-state index < -0.39 is 25.6 Å². The number of halogens is 1. The minimum atomic E-state index is -4.03. The highest BCUT2D eigenvalue weighted by atomic mass is 35.5. The van der Waals surface area contributed by atoms with Gasteiger partial charge in [-0.15, -0.1) is 0 Å². The average Bonchev–Trinajstić information content (AvgIpc) is 2.84. The van der Waals surface area contributed by atoms with Crippen LogP contribution in [0.2, 0.25) is 5.02 Å². The summed E-state index contributed by atoms with van der Waals surface area (Å²) in [4.78, 5) is -0.605. The molecule has 23 heavy (non-hydrogen) atoms. The van der Waals surface area contributed by atoms with E-state index in [9.17, 15) is 16.8 Å². The van der Waals surface area contributed by atoms with E-state index in [1.807, 2.05) is 6.92 Å². The molecular weight excluding hydrogens is 364 g/mol. The summed E-state index contributed by atoms with van der Waals surface area (Å²) in [6, 6.07) is 3.34. The smallest absolute Gasteiger partial charge is 0.244 e. The Morgan fingerprint density at radius 2 is 2.00 bits per heavy atom. The lowest BCUT2D eigenvalue weighted by Crippen LogP contribution is -2.41. The molecule has 1 unspecified atom stereocenters. The van der Waals surface area contributed by atoms with Crippen molar-refractivity contribution in [1.29, 1.82) is 0 Å². The highest BCUT2D eigenvalue weighted by Gasteiger charge is 2.35. The van der Waals surface area contributed by atoms with E-state index in [0.717, 1.165) is 29.3 Å². The molecule has 1 fully saturated rings. The summed E-state index contributed by atoms with van der Waals surface area (Å²) in [6.45, 7) is 2.58. The van der Waals surface area contributed by atoms with E-state index in [1.165, 1.54) is 13.1 Å². The SMILES string of the molecule is CN(CC1(C)CCCO1)S(=O)(=O)c1cc(S(N)(=O)=O)ccc1Cl. The van der Waals surface area contributed by atoms with Crippen molar-refractivity contribution in [2.75, 3.05) is 20.2 Å². The molecule has 0 saturated carbocycles. The minimum Gasteiger partial charge on any atom is -0.374 e. The largest absolute Gasteiger partial charge is 0.374 e. The Kier molecular flexibility index (Phi) is 5.10. The van der Waals surface area contributed by atoms with Gasteiger partial charge in [-0.3, -0.25) is 0 Å². The second-order valence-electron chi connectivity index (χ2n) is 5.80. The molecule has 1 aliphatic heterocycles. The van der Waals surface area contributed by atoms with Gasteiger partial charge in [0.05, 0.1) is 15.5 Å². The summed E-state index contributed by atoms with van der Waals surface area (Å²) in [7, 11) is -6.60. The van der Waals surface area contributed by atoms with Crippen LogP contribution in [0, 0.1) is 0 Å². The standard InChI is InChI=1S/C13H19ClN2O5S2/c1-13(6-3-7-21-13)9-16(2)23(19,20)12-8-10(22(15,17)18)4-5-11(12)14/h4-5,8H,3,6-7,9H2,1-2H3,(H2,15,17,18). The molecule has 1 atom stereocenters. The first-order valence-electron chi connectivity index (χ1n) is 6.88. The molecule has 0 bridgehead atoms. The van der Waals surface area contributed by atoms with Gasteiger partial charge in [-0.1, -0.05) is 11.6 Å². The van der Waals surface area contributed by atoms with Gasteiger partial charge in [0.15, 0.2) is 0 Å². The molecule has 130 valence electrons. The summed E-state index contributed by atoms with van der Waals surface area (Å²) in [5.74, 6) is 0. The van der Waals surface area contributed by atoms with Crippen LogP contribution in [0.5, 0.6) is 0 Å². The molecule has 2 rings (SSSR count). The molecule has 1 saturated heterocycles. The van der Waals surface area contributed by atoms with Crippen LogP contribution in [0.4, 0.5) is 0 Å². The van der Waals surface area contributed by atoms with Crippen LogP contribution < -0.4 is 5.14 Å². The normalized spacial score (nSPS) is 22.7. The summed E-state index contributed by atoms with van der Waals surface area (Å²) in [5.41, 5.74) is -0.564. The topological polar surface area (TPSA) is 107 Å². The van der Waals surface area contributed by atoms with E-state index in [-0.39, 0.29) is 21.4 Å². The van der Waals surface area contributed by atoms with Crippen LogP contribution in [-0.2, 0) is 24.8 Å². The second kappa shape index (κ2) is 6.30. The van der Waals surface area contributed by atoms with Crippen LogP contribution >= 0.6 is 11.6 Å². The molecule has 0 aromatic heterocycles. The van der Waals surface area contributed by atoms with Crippen molar-refractivity contribution in [2.24, 2.45) is 5.14 Å². The number of likely N-dealkylation sites (N-methyl/N-ethyl adjacent to an activating group) is 1. The molecule has 7 nitrogen and oxygen atoms in total. The fourth-order valence-electron chi connectivity index (χ4n) is 2.54. The molecular formula is C13H19ClN2O5S2. The van der Waals surface area contributed by atoms with Gasteiger partial charge >= 0.3 is 0 Å². The third-order valence-electron chi connectivity index (χ3n) is 3.78. The van der Waals surface area contributed by atoms with Crippen molar-refractivity contribution in [3.05, 3.63) is 23.2 Å². The Hall–Kier alpha value is -0.710. The van der Waals surface area contributed by atoms with Gasteiger partial charge in [0, 0.05) is 20.2 Å². The molecule has 0 spiro atoms. The number of benzene rings is 1. The van der Waals surface area contributed by atoms with Gasteiger partial charge in [0.2, 0.25) is 20.0 Å². The molecule has 0 aliphatic carbocycles. The van der Waals surface area contributed by atoms with Crippen molar-refractivity contribution in [3.8, 4) is 0 Å². The third kappa shape index (κ3) is 4.04. The number of nitrogens with two attached hydrogens (primary N) is 1. The molecule has 0 amide bonds. The zero-order valence-electron chi connectivity index (χ0n) is 12.8. The van der Waals surface area contributed by atoms with Crippen LogP contribution in [-0.4, -0.2) is 46.9 Å². The zero-order chi connectivity index (χ0) is 17.5. The fraction of sp³-hybridized carbons (Fsp3) is 0.538. The van der Waals surface area contributed by atoms with Crippen LogP contribution in [0.15, 0.2) is 28.0 Å². The van der Waals surface area contributed by atoms with E-state index in [2.05, 4.69) is 0 Å². The highest BCUT2D eigenvalue weighted by Crippen LogP contribution is 2.30. The number of ether oxygens (including phenoxy) is 1. The average molecular weight is 383 g/mol. The number of primary sulfonamides is 1. The monoisotopic (exact) mass is 382 g/mol. The van der Waals surface area contributed by atoms with Crippen molar-refractivity contribution in [3.63, 3.8) is 0 Å². The maximum absolute atomic E-state index is 12.7. The van der Waals surface area contributed by atoms with Crippen LogP contribution in [0.3, 0.4) is 0 Å². The highest BCUT2D eigenvalue weighted by molar-refractivity contribution is 7.90. The van der Waals surface area contributed by atoms with Crippen molar-refractivity contribution in [1.82, 2.24) is 4.31 Å². The Bertz CT molecular complexity index is 802. The summed E-state index contributed by atoms with van der Waals surface area (Å²) >= 11 is 5.95. The molecule has 1 aromatic carbocycles. The maximum Gasteiger partial charge on any atom is 0.244 e. The predicted octanol–water partition coefficient (Wildman–Crippen LogP) is 1.18. The summed E-state index contributed by atoms with van der Waals surface area (Å²) < 4.78 is 55.0. The van der Waals surface area contributed by atoms with Crippen molar-refractivity contribution in [2.45, 2.75) is 35.2 Å². The number of hydrogen-bond donors (Lipinski definition) is 1. The molecule has 1 aromatic rings. The Balaban J connectivity index is 2.39. The van der Waals surface area contributed by atoms with Crippen LogP contribution in [0.1, 0.15) is 19.8 Å². The molecule has 0 radical (unpaired) electrons. The van der Waals surface area contributed by atoms with Crippen molar-refractivity contribution >= 4 is 31.6 Å². The number of sulfonamides is 2. The third-order valence-corrected chi connectivity index (χ3v) is 6.97. The van der Waals surface area contributed by atoms with Gasteiger partial charge in [0.25, 0.3) is 0 Å². The molecule has 10 heteroatoms. The van der Waals surface area contributed by atoms with E-state index in [0.29, 0.717) is 6.61 Å². The number of nitrogens with zero attached hydrogens (tertiary/aromatic N) is 1. The van der Waals surface area contributed by atoms with Gasteiger partial charge in [-0.05, 0) is 38.0 Å². The first-order chi connectivity index (χ1) is 10.5. The van der Waals surface area contributed by atoms with Gasteiger partial charge < -0.3 is 4.74 Å². The summed E-state index contributed by atoms with van der Waals surface area (Å²) in [6.07, 6.45) is 1.61. The molecule has 2 N–H and O–H groups in total. The number of rotatable bonds is 5. The van der Waals surface area contributed by atoms with Crippen molar-refractivity contribution < 1.29 is 21.6 Å². The summed E-state index contributed by atoms with van der Waals surface area (Å²) in [5, 5.41) is 4.98. The second-order valence-corrected chi connectivity index (χ2v) is 9.78. The Morgan fingerprint density at radius 3 is 2.52 bits per heavy atom. The first kappa shape index (κ1) is 18.6. The van der Waals surface area contributed by atoms with E-state index >= 15 is 0 Å². The number of hydrogen-bond acceptors (Lipinski definition) is 5. The molecule has 1 aliphatic rings. The molecule has 1 heterocycles. The maximum atomic E-state index is 12.7. The minimum absolute atomic E-state index is 0.0678.